The number of allylic oxidation sites excluding steroid dienone is 1. The van der Waals surface area contributed by atoms with Crippen LogP contribution >= 0.6 is 23.2 Å². The van der Waals surface area contributed by atoms with Gasteiger partial charge in [0.15, 0.2) is 0 Å². The number of nitriles is 1. The van der Waals surface area contributed by atoms with Crippen molar-refractivity contribution in [3.05, 3.63) is 34.1 Å². The molecule has 0 spiro atoms. The third-order valence-corrected chi connectivity index (χ3v) is 1.69. The van der Waals surface area contributed by atoms with Gasteiger partial charge in [-0.1, -0.05) is 23.2 Å². The molecule has 1 aromatic rings. The number of aromatic nitrogens is 1. The lowest BCUT2D eigenvalue weighted by molar-refractivity contribution is 1.32. The highest BCUT2D eigenvalue weighted by Crippen LogP contribution is 2.18. The van der Waals surface area contributed by atoms with Gasteiger partial charge in [0.25, 0.3) is 0 Å². The zero-order chi connectivity index (χ0) is 8.97. The van der Waals surface area contributed by atoms with Crippen molar-refractivity contribution in [1.82, 2.24) is 4.98 Å². The second-order valence-corrected chi connectivity index (χ2v) is 2.79. The summed E-state index contributed by atoms with van der Waals surface area (Å²) in [4.78, 5) is 3.80. The van der Waals surface area contributed by atoms with E-state index in [2.05, 4.69) is 4.98 Å². The molecule has 1 aromatic heterocycles. The highest BCUT2D eigenvalue weighted by molar-refractivity contribution is 6.33. The Balaban J connectivity index is 3.07. The number of hydrogen-bond donors (Lipinski definition) is 0. The first kappa shape index (κ1) is 9.05. The highest BCUT2D eigenvalue weighted by Gasteiger charge is 1.97. The van der Waals surface area contributed by atoms with Gasteiger partial charge >= 0.3 is 0 Å². The average molecular weight is 199 g/mol. The Morgan fingerprint density at radius 3 is 2.92 bits per heavy atom. The Morgan fingerprint density at radius 1 is 1.50 bits per heavy atom. The lowest BCUT2D eigenvalue weighted by atomic mass is 10.2. The molecule has 0 aliphatic heterocycles. The van der Waals surface area contributed by atoms with Gasteiger partial charge in [0, 0.05) is 17.8 Å². The van der Waals surface area contributed by atoms with E-state index in [0.717, 1.165) is 0 Å². The summed E-state index contributed by atoms with van der Waals surface area (Å²) < 4.78 is 0. The van der Waals surface area contributed by atoms with E-state index in [-0.39, 0.29) is 0 Å². The molecule has 0 bridgehead atoms. The number of hydrogen-bond acceptors (Lipinski definition) is 2. The van der Waals surface area contributed by atoms with Gasteiger partial charge in [-0.05, 0) is 12.1 Å². The van der Waals surface area contributed by atoms with Crippen molar-refractivity contribution in [2.24, 2.45) is 0 Å². The third kappa shape index (κ3) is 2.23. The first-order chi connectivity index (χ1) is 5.74. The summed E-state index contributed by atoms with van der Waals surface area (Å²) >= 11 is 11.4. The zero-order valence-corrected chi connectivity index (χ0v) is 7.47. The number of rotatable bonds is 1. The van der Waals surface area contributed by atoms with Crippen LogP contribution in [0.5, 0.6) is 0 Å². The summed E-state index contributed by atoms with van der Waals surface area (Å²) in [6.07, 6.45) is 4.33. The first-order valence-corrected chi connectivity index (χ1v) is 3.87. The van der Waals surface area contributed by atoms with E-state index < -0.39 is 0 Å². The summed E-state index contributed by atoms with van der Waals surface area (Å²) in [5.41, 5.74) is 0.644. The Hall–Kier alpha value is -1.04. The van der Waals surface area contributed by atoms with Gasteiger partial charge in [0.2, 0.25) is 0 Å². The average Bonchev–Trinajstić information content (AvgIpc) is 2.07. The van der Waals surface area contributed by atoms with Crippen molar-refractivity contribution in [2.75, 3.05) is 0 Å². The quantitative estimate of drug-likeness (QED) is 0.514. The van der Waals surface area contributed by atoms with E-state index in [1.165, 1.54) is 12.3 Å². The Morgan fingerprint density at radius 2 is 2.25 bits per heavy atom. The van der Waals surface area contributed by atoms with Crippen molar-refractivity contribution >= 4 is 29.3 Å². The SMILES string of the molecule is N#CC=Cc1cc(Cl)cnc1Cl. The van der Waals surface area contributed by atoms with Crippen molar-refractivity contribution in [1.29, 1.82) is 5.26 Å². The third-order valence-electron chi connectivity index (χ3n) is 1.17. The molecular formula is C8H4Cl2N2. The molecule has 0 fully saturated rings. The summed E-state index contributed by atoms with van der Waals surface area (Å²) in [5, 5.41) is 9.09. The highest BCUT2D eigenvalue weighted by atomic mass is 35.5. The summed E-state index contributed by atoms with van der Waals surface area (Å²) in [6.45, 7) is 0. The van der Waals surface area contributed by atoms with Gasteiger partial charge in [0.05, 0.1) is 11.1 Å². The van der Waals surface area contributed by atoms with Gasteiger partial charge < -0.3 is 0 Å². The van der Waals surface area contributed by atoms with Crippen LogP contribution in [-0.2, 0) is 0 Å². The lowest BCUT2D eigenvalue weighted by Gasteiger charge is -1.95. The van der Waals surface area contributed by atoms with Crippen molar-refractivity contribution in [3.63, 3.8) is 0 Å². The van der Waals surface area contributed by atoms with Gasteiger partial charge in [0.1, 0.15) is 5.15 Å². The minimum absolute atomic E-state index is 0.339. The van der Waals surface area contributed by atoms with E-state index in [1.54, 1.807) is 12.1 Å². The predicted octanol–water partition coefficient (Wildman–Crippen LogP) is 2.93. The molecule has 0 N–H and O–H groups in total. The molecule has 12 heavy (non-hydrogen) atoms. The van der Waals surface area contributed by atoms with Crippen LogP contribution in [-0.4, -0.2) is 4.98 Å². The van der Waals surface area contributed by atoms with Crippen molar-refractivity contribution < 1.29 is 0 Å². The fourth-order valence-corrected chi connectivity index (χ4v) is 1.01. The predicted molar refractivity (Wildman–Crippen MR) is 48.9 cm³/mol. The largest absolute Gasteiger partial charge is 0.242 e. The molecule has 0 saturated heterocycles. The Bertz CT molecular complexity index is 353. The maximum Gasteiger partial charge on any atom is 0.136 e. The van der Waals surface area contributed by atoms with Crippen LogP contribution in [0.2, 0.25) is 10.2 Å². The minimum atomic E-state index is 0.339. The summed E-state index contributed by atoms with van der Waals surface area (Å²) in [5.74, 6) is 0. The van der Waals surface area contributed by atoms with Gasteiger partial charge in [-0.25, -0.2) is 4.98 Å². The Kier molecular flexibility index (Phi) is 3.09. The molecule has 0 aliphatic carbocycles. The zero-order valence-electron chi connectivity index (χ0n) is 5.96. The van der Waals surface area contributed by atoms with Crippen molar-refractivity contribution in [3.8, 4) is 6.07 Å². The summed E-state index contributed by atoms with van der Waals surface area (Å²) in [7, 11) is 0. The number of halogens is 2. The fourth-order valence-electron chi connectivity index (χ4n) is 0.682. The molecule has 0 aromatic carbocycles. The van der Waals surface area contributed by atoms with Crippen LogP contribution in [0.4, 0.5) is 0 Å². The summed E-state index contributed by atoms with van der Waals surface area (Å²) in [6, 6.07) is 3.50. The van der Waals surface area contributed by atoms with Crippen LogP contribution < -0.4 is 0 Å². The van der Waals surface area contributed by atoms with Gasteiger partial charge in [-0.15, -0.1) is 0 Å². The van der Waals surface area contributed by atoms with E-state index in [4.69, 9.17) is 28.5 Å². The van der Waals surface area contributed by atoms with E-state index in [1.807, 2.05) is 6.07 Å². The number of pyridine rings is 1. The van der Waals surface area contributed by atoms with Gasteiger partial charge in [-0.3, -0.25) is 0 Å². The molecule has 1 heterocycles. The van der Waals surface area contributed by atoms with Crippen LogP contribution in [0.25, 0.3) is 6.08 Å². The Labute approximate surface area is 80.1 Å². The van der Waals surface area contributed by atoms with Crippen LogP contribution in [0.3, 0.4) is 0 Å². The van der Waals surface area contributed by atoms with E-state index in [9.17, 15) is 0 Å². The fraction of sp³-hybridized carbons (Fsp3) is 0. The molecule has 0 radical (unpaired) electrons. The second-order valence-electron chi connectivity index (χ2n) is 2.00. The van der Waals surface area contributed by atoms with Crippen LogP contribution in [0, 0.1) is 11.3 Å². The molecule has 0 saturated carbocycles. The standard InChI is InChI=1S/C8H4Cl2N2/c9-7-4-6(2-1-3-11)8(10)12-5-7/h1-2,4-5H. The molecule has 60 valence electrons. The molecular weight excluding hydrogens is 195 g/mol. The molecule has 1 rings (SSSR count). The molecule has 0 aliphatic rings. The maximum absolute atomic E-state index is 8.25. The second kappa shape index (κ2) is 4.10. The van der Waals surface area contributed by atoms with Gasteiger partial charge in [-0.2, -0.15) is 5.26 Å². The number of nitrogens with zero attached hydrogens (tertiary/aromatic N) is 2. The monoisotopic (exact) mass is 198 g/mol. The molecule has 0 amide bonds. The molecule has 4 heteroatoms. The maximum atomic E-state index is 8.25. The van der Waals surface area contributed by atoms with Crippen LogP contribution in [0.15, 0.2) is 18.3 Å². The van der Waals surface area contributed by atoms with Crippen LogP contribution in [0.1, 0.15) is 5.56 Å². The topological polar surface area (TPSA) is 36.7 Å². The normalized spacial score (nSPS) is 10.1. The molecule has 0 unspecified atom stereocenters. The first-order valence-electron chi connectivity index (χ1n) is 3.11. The molecule has 0 atom stereocenters. The lowest BCUT2D eigenvalue weighted by Crippen LogP contribution is -1.79. The van der Waals surface area contributed by atoms with E-state index in [0.29, 0.717) is 15.7 Å². The van der Waals surface area contributed by atoms with Crippen molar-refractivity contribution in [2.45, 2.75) is 0 Å². The minimum Gasteiger partial charge on any atom is -0.242 e. The van der Waals surface area contributed by atoms with E-state index >= 15 is 0 Å². The smallest absolute Gasteiger partial charge is 0.136 e. The molecule has 2 nitrogen and oxygen atoms in total.